The second kappa shape index (κ2) is 30.8. The van der Waals surface area contributed by atoms with Gasteiger partial charge in [0, 0.05) is 40.8 Å². The van der Waals surface area contributed by atoms with E-state index in [4.69, 9.17) is 35.7 Å². The smallest absolute Gasteiger partial charge is 0.311 e. The standard InChI is InChI=1S/C19H29NO5.C15H21NO5.C11H21ClO2.C8H9NO3/c1-13(2)12-25-18(21)19(5,6)8-7-9-24-17-11-14(3)16(20(22)23)10-15(17)4;1-10-9-13(11(2)8-12(10)16(19)20)21-7-5-6-15(3,4)14(17)18;1-9(2)8-14-10(13)11(3,4)6-5-7-12;1-5-4-8(10)6(2)3-7(5)9(11)12/h10-11,13H,7-9,12H2,1-6H3;8-9H,5-7H2,1-4H3,(H,17,18);9H,5-8H2,1-4H3;3-4,10H,1-2H3. The molecule has 0 spiro atoms. The van der Waals surface area contributed by atoms with Crippen molar-refractivity contribution in [3.05, 3.63) is 100 Å². The van der Waals surface area contributed by atoms with Crippen LogP contribution in [0.3, 0.4) is 0 Å². The van der Waals surface area contributed by atoms with E-state index >= 15 is 0 Å². The first kappa shape index (κ1) is 66.0. The monoisotopic (exact) mass is 1030 g/mol. The maximum Gasteiger partial charge on any atom is 0.311 e. The molecule has 3 rings (SSSR count). The van der Waals surface area contributed by atoms with Gasteiger partial charge >= 0.3 is 17.9 Å². The van der Waals surface area contributed by atoms with E-state index in [0.29, 0.717) is 109 Å². The predicted octanol–water partition coefficient (Wildman–Crippen LogP) is 13.2. The van der Waals surface area contributed by atoms with Gasteiger partial charge in [-0.25, -0.2) is 0 Å². The molecule has 404 valence electrons. The Morgan fingerprint density at radius 1 is 0.542 bits per heavy atom. The summed E-state index contributed by atoms with van der Waals surface area (Å²) in [6, 6.07) is 9.12. The number of nitro groups is 3. The number of phenols is 1. The molecule has 0 aliphatic carbocycles. The lowest BCUT2D eigenvalue weighted by Gasteiger charge is -2.23. The van der Waals surface area contributed by atoms with Crippen molar-refractivity contribution in [2.45, 2.75) is 149 Å². The van der Waals surface area contributed by atoms with Crippen molar-refractivity contribution in [1.82, 2.24) is 0 Å². The van der Waals surface area contributed by atoms with Crippen molar-refractivity contribution in [2.75, 3.05) is 32.3 Å². The zero-order chi connectivity index (χ0) is 55.9. The van der Waals surface area contributed by atoms with Crippen LogP contribution in [0.1, 0.15) is 141 Å². The van der Waals surface area contributed by atoms with Gasteiger partial charge in [-0.3, -0.25) is 44.7 Å². The Labute approximate surface area is 430 Å². The molecular formula is C53H80ClN3O15. The van der Waals surface area contributed by atoms with E-state index in [1.54, 1.807) is 67.5 Å². The number of nitrogens with zero attached hydrogens (tertiary/aromatic N) is 3. The Morgan fingerprint density at radius 3 is 1.18 bits per heavy atom. The van der Waals surface area contributed by atoms with Crippen molar-refractivity contribution in [1.29, 1.82) is 0 Å². The summed E-state index contributed by atoms with van der Waals surface area (Å²) in [6.07, 6.45) is 4.09. The van der Waals surface area contributed by atoms with Crippen LogP contribution in [0.5, 0.6) is 17.2 Å². The first-order valence-corrected chi connectivity index (χ1v) is 24.5. The average molecular weight is 1030 g/mol. The number of benzene rings is 3. The molecule has 0 saturated carbocycles. The highest BCUT2D eigenvalue weighted by Gasteiger charge is 2.30. The number of esters is 2. The Bertz CT molecular complexity index is 2290. The van der Waals surface area contributed by atoms with Crippen LogP contribution in [0, 0.1) is 100.0 Å². The van der Waals surface area contributed by atoms with Crippen LogP contribution in [-0.4, -0.2) is 75.2 Å². The first-order chi connectivity index (χ1) is 33.1. The fourth-order valence-electron chi connectivity index (χ4n) is 6.32. The molecule has 19 heteroatoms. The number of hydrogen-bond donors (Lipinski definition) is 2. The summed E-state index contributed by atoms with van der Waals surface area (Å²) in [6.45, 7) is 30.8. The van der Waals surface area contributed by atoms with E-state index < -0.39 is 37.0 Å². The summed E-state index contributed by atoms with van der Waals surface area (Å²) in [5.74, 6) is 1.51. The predicted molar refractivity (Wildman–Crippen MR) is 279 cm³/mol. The van der Waals surface area contributed by atoms with E-state index in [1.807, 2.05) is 55.4 Å². The van der Waals surface area contributed by atoms with Gasteiger partial charge in [0.15, 0.2) is 0 Å². The highest BCUT2D eigenvalue weighted by Crippen LogP contribution is 2.31. The third-order valence-electron chi connectivity index (χ3n) is 11.2. The molecule has 0 aromatic heterocycles. The van der Waals surface area contributed by atoms with Gasteiger partial charge in [-0.15, -0.1) is 11.6 Å². The molecule has 3 aromatic carbocycles. The average Bonchev–Trinajstić information content (AvgIpc) is 3.27. The minimum Gasteiger partial charge on any atom is -0.508 e. The number of aliphatic carboxylic acids is 1. The van der Waals surface area contributed by atoms with Crippen LogP contribution in [0.15, 0.2) is 36.4 Å². The van der Waals surface area contributed by atoms with Crippen molar-refractivity contribution in [2.24, 2.45) is 28.1 Å². The summed E-state index contributed by atoms with van der Waals surface area (Å²) in [4.78, 5) is 65.6. The van der Waals surface area contributed by atoms with E-state index in [9.17, 15) is 49.8 Å². The number of ether oxygens (including phenoxy) is 4. The number of rotatable bonds is 23. The van der Waals surface area contributed by atoms with E-state index in [1.165, 1.54) is 24.3 Å². The topological polar surface area (TPSA) is 258 Å². The number of nitro benzene ring substituents is 3. The maximum atomic E-state index is 12.1. The van der Waals surface area contributed by atoms with Gasteiger partial charge in [0.2, 0.25) is 0 Å². The molecule has 0 aliphatic heterocycles. The first-order valence-electron chi connectivity index (χ1n) is 24.0. The van der Waals surface area contributed by atoms with Gasteiger partial charge < -0.3 is 29.2 Å². The molecule has 0 aliphatic rings. The Hall–Kier alpha value is -6.04. The lowest BCUT2D eigenvalue weighted by Crippen LogP contribution is -2.28. The highest BCUT2D eigenvalue weighted by atomic mass is 35.5. The third-order valence-corrected chi connectivity index (χ3v) is 11.5. The molecule has 0 unspecified atom stereocenters. The van der Waals surface area contributed by atoms with E-state index in [2.05, 4.69) is 0 Å². The fraction of sp³-hybridized carbons (Fsp3) is 0.604. The molecule has 0 saturated heterocycles. The van der Waals surface area contributed by atoms with E-state index in [-0.39, 0.29) is 34.8 Å². The lowest BCUT2D eigenvalue weighted by atomic mass is 9.88. The molecule has 2 N–H and O–H groups in total. The summed E-state index contributed by atoms with van der Waals surface area (Å²) < 4.78 is 21.9. The lowest BCUT2D eigenvalue weighted by molar-refractivity contribution is -0.385. The molecule has 18 nitrogen and oxygen atoms in total. The largest absolute Gasteiger partial charge is 0.508 e. The van der Waals surface area contributed by atoms with Crippen molar-refractivity contribution in [3.8, 4) is 17.2 Å². The summed E-state index contributed by atoms with van der Waals surface area (Å²) in [5, 5.41) is 50.4. The molecule has 0 heterocycles. The Morgan fingerprint density at radius 2 is 0.861 bits per heavy atom. The Balaban J connectivity index is 0.000000971. The van der Waals surface area contributed by atoms with Gasteiger partial charge in [0.25, 0.3) is 17.1 Å². The summed E-state index contributed by atoms with van der Waals surface area (Å²) >= 11 is 5.59. The molecule has 0 amide bonds. The SMILES string of the molecule is CC(C)COC(=O)C(C)(C)CCCCl.Cc1cc([N+](=O)[O-])c(C)cc1O.Cc1cc([N+](=O)[O-])c(C)cc1OCCCC(C)(C)C(=O)O.Cc1cc([N+](=O)[O-])c(C)cc1OCCCC(C)(C)C(=O)OCC(C)C. The Kier molecular flexibility index (Phi) is 28.2. The highest BCUT2D eigenvalue weighted by molar-refractivity contribution is 6.17. The van der Waals surface area contributed by atoms with E-state index in [0.717, 1.165) is 18.4 Å². The van der Waals surface area contributed by atoms with Crippen molar-refractivity contribution in [3.63, 3.8) is 0 Å². The van der Waals surface area contributed by atoms with Crippen molar-refractivity contribution >= 4 is 46.6 Å². The van der Waals surface area contributed by atoms with Crippen LogP contribution in [0.4, 0.5) is 17.1 Å². The summed E-state index contributed by atoms with van der Waals surface area (Å²) in [7, 11) is 0. The van der Waals surface area contributed by atoms with Crippen LogP contribution in [0.2, 0.25) is 0 Å². The molecule has 0 radical (unpaired) electrons. The third kappa shape index (κ3) is 23.9. The van der Waals surface area contributed by atoms with Gasteiger partial charge in [-0.2, -0.15) is 0 Å². The number of phenolic OH excluding ortho intramolecular Hbond substituents is 1. The van der Waals surface area contributed by atoms with Crippen LogP contribution < -0.4 is 9.47 Å². The number of alkyl halides is 1. The molecule has 72 heavy (non-hydrogen) atoms. The van der Waals surface area contributed by atoms with Gasteiger partial charge in [0.1, 0.15) is 17.2 Å². The minimum absolute atomic E-state index is 0.0466. The number of carboxylic acids is 1. The maximum absolute atomic E-state index is 12.1. The molecule has 0 atom stereocenters. The fourth-order valence-corrected chi connectivity index (χ4v) is 6.46. The van der Waals surface area contributed by atoms with Crippen molar-refractivity contribution < 1.29 is 58.3 Å². The second-order valence-electron chi connectivity index (χ2n) is 20.6. The number of aromatic hydroxyl groups is 1. The molecule has 3 aromatic rings. The van der Waals surface area contributed by atoms with Gasteiger partial charge in [0.05, 0.1) is 57.4 Å². The number of hydrogen-bond acceptors (Lipinski definition) is 14. The minimum atomic E-state index is -0.829. The number of carbonyl (C=O) groups excluding carboxylic acids is 2. The number of carbonyl (C=O) groups is 3. The summed E-state index contributed by atoms with van der Waals surface area (Å²) in [5.41, 5.74) is 2.03. The van der Waals surface area contributed by atoms with Crippen LogP contribution >= 0.6 is 11.6 Å². The van der Waals surface area contributed by atoms with Gasteiger partial charge in [-0.1, -0.05) is 27.7 Å². The number of aryl methyl sites for hydroxylation is 6. The number of halogens is 1. The quantitative estimate of drug-likeness (QED) is 0.0294. The van der Waals surface area contributed by atoms with Crippen LogP contribution in [-0.2, 0) is 23.9 Å². The molecule has 0 fully saturated rings. The molecule has 0 bridgehead atoms. The number of carboxylic acid groups (broad SMARTS) is 1. The zero-order valence-corrected chi connectivity index (χ0v) is 46.1. The zero-order valence-electron chi connectivity index (χ0n) is 45.3. The molecular weight excluding hydrogens is 954 g/mol. The van der Waals surface area contributed by atoms with Gasteiger partial charge in [-0.05, 0) is 168 Å². The second-order valence-corrected chi connectivity index (χ2v) is 21.0. The van der Waals surface area contributed by atoms with Crippen LogP contribution in [0.25, 0.3) is 0 Å². The normalized spacial score (nSPS) is 11.2.